The molecule has 0 saturated heterocycles. The van der Waals surface area contributed by atoms with Gasteiger partial charge in [0.2, 0.25) is 0 Å². The number of hydrogen-bond acceptors (Lipinski definition) is 5. The Balaban J connectivity index is 4.37. The minimum Gasteiger partial charge on any atom is -0.466 e. The molecule has 1 unspecified atom stereocenters. The summed E-state index contributed by atoms with van der Waals surface area (Å²) in [6.07, 6.45) is -0.629. The van der Waals surface area contributed by atoms with Crippen LogP contribution in [0.2, 0.25) is 0 Å². The molecule has 6 heteroatoms. The van der Waals surface area contributed by atoms with Crippen LogP contribution in [-0.2, 0) is 19.1 Å². The average molecular weight is 273 g/mol. The molecule has 0 aromatic carbocycles. The molecule has 0 rings (SSSR count). The van der Waals surface area contributed by atoms with E-state index in [4.69, 9.17) is 4.74 Å². The Bertz CT molecular complexity index is 332. The van der Waals surface area contributed by atoms with Crippen LogP contribution < -0.4 is 5.32 Å². The van der Waals surface area contributed by atoms with Gasteiger partial charge in [-0.25, -0.2) is 4.79 Å². The van der Waals surface area contributed by atoms with Gasteiger partial charge < -0.3 is 14.8 Å². The van der Waals surface area contributed by atoms with Crippen LogP contribution in [0.25, 0.3) is 0 Å². The number of alkyl carbamates (subject to hydrolysis) is 1. The highest BCUT2D eigenvalue weighted by Crippen LogP contribution is 2.08. The van der Waals surface area contributed by atoms with Gasteiger partial charge in [-0.05, 0) is 34.1 Å². The summed E-state index contributed by atoms with van der Waals surface area (Å²) in [6, 6.07) is -0.737. The van der Waals surface area contributed by atoms with Crippen LogP contribution in [0.3, 0.4) is 0 Å². The van der Waals surface area contributed by atoms with Gasteiger partial charge in [0, 0.05) is 0 Å². The monoisotopic (exact) mass is 273 g/mol. The van der Waals surface area contributed by atoms with Gasteiger partial charge in [-0.15, -0.1) is 0 Å². The number of esters is 1. The van der Waals surface area contributed by atoms with Crippen LogP contribution in [0.1, 0.15) is 47.5 Å². The second-order valence-electron chi connectivity index (χ2n) is 5.06. The summed E-state index contributed by atoms with van der Waals surface area (Å²) in [5.41, 5.74) is -0.632. The van der Waals surface area contributed by atoms with Crippen molar-refractivity contribution in [3.8, 4) is 0 Å². The minimum absolute atomic E-state index is 0.225. The fraction of sp³-hybridized carbons (Fsp3) is 0.769. The Morgan fingerprint density at radius 2 is 1.74 bits per heavy atom. The van der Waals surface area contributed by atoms with E-state index in [2.05, 4.69) is 10.1 Å². The summed E-state index contributed by atoms with van der Waals surface area (Å²) < 4.78 is 9.74. The van der Waals surface area contributed by atoms with Crippen molar-refractivity contribution in [3.63, 3.8) is 0 Å². The molecule has 0 aliphatic carbocycles. The highest BCUT2D eigenvalue weighted by Gasteiger charge is 2.24. The topological polar surface area (TPSA) is 81.7 Å². The summed E-state index contributed by atoms with van der Waals surface area (Å²) in [4.78, 5) is 34.5. The van der Waals surface area contributed by atoms with Gasteiger partial charge in [0.05, 0.1) is 12.6 Å². The number of amides is 1. The molecule has 19 heavy (non-hydrogen) atoms. The predicted molar refractivity (Wildman–Crippen MR) is 69.7 cm³/mol. The molecule has 1 atom stereocenters. The lowest BCUT2D eigenvalue weighted by Crippen LogP contribution is -2.43. The number of carbonyl (C=O) groups is 3. The zero-order valence-electron chi connectivity index (χ0n) is 12.2. The Morgan fingerprint density at radius 1 is 1.16 bits per heavy atom. The van der Waals surface area contributed by atoms with E-state index in [-0.39, 0.29) is 18.8 Å². The van der Waals surface area contributed by atoms with Gasteiger partial charge >= 0.3 is 12.1 Å². The molecule has 6 nitrogen and oxygen atoms in total. The third-order valence-corrected chi connectivity index (χ3v) is 2.11. The average Bonchev–Trinajstić information content (AvgIpc) is 2.23. The second-order valence-corrected chi connectivity index (χ2v) is 5.06. The molecule has 1 N–H and O–H groups in total. The van der Waals surface area contributed by atoms with Crippen molar-refractivity contribution in [1.29, 1.82) is 0 Å². The first-order valence-electron chi connectivity index (χ1n) is 6.37. The molecular formula is C13H23NO5. The van der Waals surface area contributed by atoms with E-state index < -0.39 is 23.7 Å². The molecule has 1 amide bonds. The van der Waals surface area contributed by atoms with E-state index in [1.54, 1.807) is 34.6 Å². The zero-order chi connectivity index (χ0) is 15.1. The summed E-state index contributed by atoms with van der Waals surface area (Å²) in [7, 11) is 0. The first-order chi connectivity index (χ1) is 8.69. The molecule has 0 bridgehead atoms. The van der Waals surface area contributed by atoms with Gasteiger partial charge in [0.25, 0.3) is 0 Å². The summed E-state index contributed by atoms with van der Waals surface area (Å²) in [6.45, 7) is 8.82. The SMILES string of the molecule is CCOC(=O)CC(=O)C(CC)NC(=O)OC(C)(C)C. The first-order valence-corrected chi connectivity index (χ1v) is 6.37. The van der Waals surface area contributed by atoms with Crippen molar-refractivity contribution >= 4 is 17.8 Å². The number of carbonyl (C=O) groups excluding carboxylic acids is 3. The van der Waals surface area contributed by atoms with E-state index in [9.17, 15) is 14.4 Å². The minimum atomic E-state index is -0.737. The van der Waals surface area contributed by atoms with Crippen LogP contribution in [0.5, 0.6) is 0 Å². The molecule has 0 spiro atoms. The predicted octanol–water partition coefficient (Wildman–Crippen LogP) is 1.81. The molecular weight excluding hydrogens is 250 g/mol. The maximum absolute atomic E-state index is 11.8. The van der Waals surface area contributed by atoms with Crippen molar-refractivity contribution < 1.29 is 23.9 Å². The van der Waals surface area contributed by atoms with Crippen LogP contribution in [0.15, 0.2) is 0 Å². The Kier molecular flexibility index (Phi) is 7.11. The number of rotatable bonds is 6. The van der Waals surface area contributed by atoms with E-state index in [0.717, 1.165) is 0 Å². The van der Waals surface area contributed by atoms with Crippen molar-refractivity contribution in [2.45, 2.75) is 59.1 Å². The lowest BCUT2D eigenvalue weighted by Gasteiger charge is -2.22. The van der Waals surface area contributed by atoms with Crippen molar-refractivity contribution in [2.75, 3.05) is 6.61 Å². The number of Topliss-reactive ketones (excluding diaryl/α,β-unsaturated/α-hetero) is 1. The maximum atomic E-state index is 11.8. The largest absolute Gasteiger partial charge is 0.466 e. The van der Waals surface area contributed by atoms with E-state index in [0.29, 0.717) is 6.42 Å². The summed E-state index contributed by atoms with van der Waals surface area (Å²) >= 11 is 0. The Labute approximate surface area is 113 Å². The Hall–Kier alpha value is -1.59. The fourth-order valence-corrected chi connectivity index (χ4v) is 1.34. The van der Waals surface area contributed by atoms with Crippen molar-refractivity contribution in [1.82, 2.24) is 5.32 Å². The van der Waals surface area contributed by atoms with Gasteiger partial charge in [-0.3, -0.25) is 9.59 Å². The number of ether oxygens (including phenoxy) is 2. The van der Waals surface area contributed by atoms with Gasteiger partial charge in [0.15, 0.2) is 5.78 Å². The molecule has 0 aromatic rings. The maximum Gasteiger partial charge on any atom is 0.408 e. The zero-order valence-corrected chi connectivity index (χ0v) is 12.2. The smallest absolute Gasteiger partial charge is 0.408 e. The standard InChI is InChI=1S/C13H23NO5/c1-6-9(10(15)8-11(16)18-7-2)14-12(17)19-13(3,4)5/h9H,6-8H2,1-5H3,(H,14,17). The summed E-state index contributed by atoms with van der Waals surface area (Å²) in [5.74, 6) is -0.969. The lowest BCUT2D eigenvalue weighted by atomic mass is 10.1. The summed E-state index contributed by atoms with van der Waals surface area (Å²) in [5, 5.41) is 2.45. The molecule has 0 aromatic heterocycles. The number of hydrogen-bond donors (Lipinski definition) is 1. The van der Waals surface area contributed by atoms with E-state index in [1.807, 2.05) is 0 Å². The Morgan fingerprint density at radius 3 is 2.16 bits per heavy atom. The van der Waals surface area contributed by atoms with Crippen LogP contribution in [0, 0.1) is 0 Å². The molecule has 0 radical (unpaired) electrons. The third-order valence-electron chi connectivity index (χ3n) is 2.11. The van der Waals surface area contributed by atoms with Crippen LogP contribution in [0.4, 0.5) is 4.79 Å². The van der Waals surface area contributed by atoms with Gasteiger partial charge in [0.1, 0.15) is 12.0 Å². The van der Waals surface area contributed by atoms with Crippen molar-refractivity contribution in [3.05, 3.63) is 0 Å². The molecule has 0 aliphatic rings. The fourth-order valence-electron chi connectivity index (χ4n) is 1.34. The van der Waals surface area contributed by atoms with Crippen LogP contribution >= 0.6 is 0 Å². The second kappa shape index (κ2) is 7.76. The van der Waals surface area contributed by atoms with Gasteiger partial charge in [-0.1, -0.05) is 6.92 Å². The first kappa shape index (κ1) is 17.4. The molecule has 0 saturated carbocycles. The highest BCUT2D eigenvalue weighted by molar-refractivity contribution is 5.99. The quantitative estimate of drug-likeness (QED) is 0.589. The third kappa shape index (κ3) is 8.18. The van der Waals surface area contributed by atoms with E-state index >= 15 is 0 Å². The van der Waals surface area contributed by atoms with Crippen LogP contribution in [-0.4, -0.2) is 36.1 Å². The van der Waals surface area contributed by atoms with Gasteiger partial charge in [-0.2, -0.15) is 0 Å². The van der Waals surface area contributed by atoms with Crippen molar-refractivity contribution in [2.24, 2.45) is 0 Å². The highest BCUT2D eigenvalue weighted by atomic mass is 16.6. The molecule has 0 heterocycles. The number of ketones is 1. The molecule has 0 aliphatic heterocycles. The molecule has 0 fully saturated rings. The van der Waals surface area contributed by atoms with E-state index in [1.165, 1.54) is 0 Å². The normalized spacial score (nSPS) is 12.5. The lowest BCUT2D eigenvalue weighted by molar-refractivity contribution is -0.146. The number of nitrogens with one attached hydrogen (secondary N) is 1. The molecule has 110 valence electrons.